The van der Waals surface area contributed by atoms with Crippen molar-refractivity contribution in [2.24, 2.45) is 5.92 Å². The van der Waals surface area contributed by atoms with Gasteiger partial charge in [-0.05, 0) is 24.5 Å². The van der Waals surface area contributed by atoms with Gasteiger partial charge in [0.2, 0.25) is 0 Å². The van der Waals surface area contributed by atoms with E-state index in [1.807, 2.05) is 12.1 Å². The van der Waals surface area contributed by atoms with Gasteiger partial charge in [0.15, 0.2) is 0 Å². The number of rotatable bonds is 8. The smallest absolute Gasteiger partial charge is 0.128 e. The lowest BCUT2D eigenvalue weighted by Crippen LogP contribution is -2.15. The molecule has 1 fully saturated rings. The van der Waals surface area contributed by atoms with Crippen LogP contribution in [0.1, 0.15) is 37.4 Å². The summed E-state index contributed by atoms with van der Waals surface area (Å²) in [6.07, 6.45) is 4.46. The van der Waals surface area contributed by atoms with Gasteiger partial charge < -0.3 is 19.3 Å². The second kappa shape index (κ2) is 7.50. The summed E-state index contributed by atoms with van der Waals surface area (Å²) in [6.45, 7) is 1.02. The van der Waals surface area contributed by atoms with E-state index in [4.69, 9.17) is 14.2 Å². The fraction of sp³-hybridized carbons (Fsp3) is 0.625. The highest BCUT2D eigenvalue weighted by Gasteiger charge is 2.18. The van der Waals surface area contributed by atoms with Crippen LogP contribution in [0.2, 0.25) is 0 Å². The van der Waals surface area contributed by atoms with Crippen molar-refractivity contribution in [3.63, 3.8) is 0 Å². The van der Waals surface area contributed by atoms with Crippen molar-refractivity contribution in [3.8, 4) is 11.5 Å². The normalized spacial score (nSPS) is 16.6. The molecular weight excluding hydrogens is 256 g/mol. The van der Waals surface area contributed by atoms with Crippen molar-refractivity contribution < 1.29 is 19.3 Å². The zero-order valence-corrected chi connectivity index (χ0v) is 12.3. The van der Waals surface area contributed by atoms with E-state index in [2.05, 4.69) is 0 Å². The summed E-state index contributed by atoms with van der Waals surface area (Å²) in [5.41, 5.74) is 0.733. The highest BCUT2D eigenvalue weighted by atomic mass is 16.5. The highest BCUT2D eigenvalue weighted by Crippen LogP contribution is 2.31. The van der Waals surface area contributed by atoms with Crippen molar-refractivity contribution in [3.05, 3.63) is 23.8 Å². The first kappa shape index (κ1) is 15.1. The number of ether oxygens (including phenoxy) is 3. The summed E-state index contributed by atoms with van der Waals surface area (Å²) in [5.74, 6) is 2.17. The summed E-state index contributed by atoms with van der Waals surface area (Å²) >= 11 is 0. The molecule has 1 aliphatic rings. The Morgan fingerprint density at radius 2 is 2.05 bits per heavy atom. The van der Waals surface area contributed by atoms with E-state index in [0.717, 1.165) is 24.5 Å². The van der Waals surface area contributed by atoms with Gasteiger partial charge >= 0.3 is 0 Å². The average Bonchev–Trinajstić information content (AvgIpc) is 2.44. The summed E-state index contributed by atoms with van der Waals surface area (Å²) < 4.78 is 16.0. The van der Waals surface area contributed by atoms with Gasteiger partial charge in [-0.25, -0.2) is 0 Å². The molecule has 0 heterocycles. The maximum absolute atomic E-state index is 10.2. The molecule has 4 nitrogen and oxygen atoms in total. The molecule has 0 radical (unpaired) electrons. The number of methoxy groups -OCH3 is 2. The molecule has 0 spiro atoms. The Morgan fingerprint density at radius 1 is 1.25 bits per heavy atom. The highest BCUT2D eigenvalue weighted by molar-refractivity contribution is 5.41. The Balaban J connectivity index is 1.82. The van der Waals surface area contributed by atoms with Crippen molar-refractivity contribution in [2.45, 2.75) is 31.8 Å². The van der Waals surface area contributed by atoms with Crippen LogP contribution in [0.15, 0.2) is 18.2 Å². The fourth-order valence-corrected chi connectivity index (χ4v) is 2.41. The number of aliphatic hydroxyl groups excluding tert-OH is 1. The Hall–Kier alpha value is -1.26. The minimum absolute atomic E-state index is 0.301. The molecule has 4 heteroatoms. The van der Waals surface area contributed by atoms with E-state index in [9.17, 15) is 5.11 Å². The third kappa shape index (κ3) is 3.87. The molecular formula is C16H24O4. The molecule has 20 heavy (non-hydrogen) atoms. The maximum Gasteiger partial charge on any atom is 0.128 e. The van der Waals surface area contributed by atoms with Gasteiger partial charge in [-0.15, -0.1) is 0 Å². The van der Waals surface area contributed by atoms with Gasteiger partial charge in [0.1, 0.15) is 17.6 Å². The second-order valence-electron chi connectivity index (χ2n) is 5.28. The topological polar surface area (TPSA) is 47.9 Å². The van der Waals surface area contributed by atoms with Crippen LogP contribution in [0.5, 0.6) is 11.5 Å². The minimum atomic E-state index is -0.669. The first-order chi connectivity index (χ1) is 9.74. The van der Waals surface area contributed by atoms with Crippen LogP contribution in [0, 0.1) is 5.92 Å². The molecule has 1 unspecified atom stereocenters. The maximum atomic E-state index is 10.2. The van der Waals surface area contributed by atoms with E-state index >= 15 is 0 Å². The SMILES string of the molecule is COc1ccc(C(O)COCCC2CCC2)c(OC)c1. The molecule has 0 aliphatic heterocycles. The molecule has 2 rings (SSSR count). The monoisotopic (exact) mass is 280 g/mol. The zero-order valence-electron chi connectivity index (χ0n) is 12.3. The van der Waals surface area contributed by atoms with Crippen LogP contribution in [0.25, 0.3) is 0 Å². The Labute approximate surface area is 120 Å². The average molecular weight is 280 g/mol. The van der Waals surface area contributed by atoms with Crippen LogP contribution in [-0.2, 0) is 4.74 Å². The third-order valence-electron chi connectivity index (χ3n) is 3.97. The fourth-order valence-electron chi connectivity index (χ4n) is 2.41. The Morgan fingerprint density at radius 3 is 2.65 bits per heavy atom. The molecule has 0 amide bonds. The van der Waals surface area contributed by atoms with E-state index in [1.165, 1.54) is 19.3 Å². The molecule has 112 valence electrons. The predicted molar refractivity (Wildman–Crippen MR) is 77.3 cm³/mol. The van der Waals surface area contributed by atoms with Gasteiger partial charge in [-0.2, -0.15) is 0 Å². The van der Waals surface area contributed by atoms with E-state index in [-0.39, 0.29) is 0 Å². The third-order valence-corrected chi connectivity index (χ3v) is 3.97. The van der Waals surface area contributed by atoms with E-state index < -0.39 is 6.10 Å². The van der Waals surface area contributed by atoms with Gasteiger partial charge in [0.05, 0.1) is 20.8 Å². The second-order valence-corrected chi connectivity index (χ2v) is 5.28. The molecule has 1 atom stereocenters. The molecule has 0 bridgehead atoms. The minimum Gasteiger partial charge on any atom is -0.497 e. The molecule has 1 aliphatic carbocycles. The first-order valence-corrected chi connectivity index (χ1v) is 7.22. The molecule has 1 aromatic carbocycles. The van der Waals surface area contributed by atoms with Crippen LogP contribution in [0.3, 0.4) is 0 Å². The number of hydrogen-bond acceptors (Lipinski definition) is 4. The van der Waals surface area contributed by atoms with Crippen molar-refractivity contribution in [1.29, 1.82) is 0 Å². The van der Waals surface area contributed by atoms with Gasteiger partial charge in [-0.3, -0.25) is 0 Å². The number of aliphatic hydroxyl groups is 1. The van der Waals surface area contributed by atoms with Gasteiger partial charge in [0.25, 0.3) is 0 Å². The van der Waals surface area contributed by atoms with E-state index in [1.54, 1.807) is 20.3 Å². The zero-order chi connectivity index (χ0) is 14.4. The van der Waals surface area contributed by atoms with Crippen LogP contribution < -0.4 is 9.47 Å². The molecule has 1 saturated carbocycles. The summed E-state index contributed by atoms with van der Waals surface area (Å²) in [4.78, 5) is 0. The number of benzene rings is 1. The summed E-state index contributed by atoms with van der Waals surface area (Å²) in [6, 6.07) is 5.40. The van der Waals surface area contributed by atoms with Gasteiger partial charge in [0, 0.05) is 18.2 Å². The van der Waals surface area contributed by atoms with Crippen LogP contribution in [0.4, 0.5) is 0 Å². The summed E-state index contributed by atoms with van der Waals surface area (Å²) in [7, 11) is 3.19. The standard InChI is InChI=1S/C16H24O4/c1-18-13-6-7-14(16(10-13)19-2)15(17)11-20-9-8-12-4-3-5-12/h6-7,10,12,15,17H,3-5,8-9,11H2,1-2H3. The molecule has 1 aromatic rings. The lowest BCUT2D eigenvalue weighted by atomic mass is 9.83. The molecule has 0 saturated heterocycles. The number of hydrogen-bond donors (Lipinski definition) is 1. The Kier molecular flexibility index (Phi) is 5.68. The quantitative estimate of drug-likeness (QED) is 0.744. The molecule has 0 aromatic heterocycles. The predicted octanol–water partition coefficient (Wildman–Crippen LogP) is 2.94. The van der Waals surface area contributed by atoms with Crippen LogP contribution in [-0.4, -0.2) is 32.5 Å². The van der Waals surface area contributed by atoms with Crippen LogP contribution >= 0.6 is 0 Å². The van der Waals surface area contributed by atoms with E-state index in [0.29, 0.717) is 18.1 Å². The lowest BCUT2D eigenvalue weighted by molar-refractivity contribution is 0.0255. The van der Waals surface area contributed by atoms with Crippen molar-refractivity contribution in [1.82, 2.24) is 0 Å². The van der Waals surface area contributed by atoms with Gasteiger partial charge in [-0.1, -0.05) is 19.3 Å². The Bertz CT molecular complexity index is 415. The lowest BCUT2D eigenvalue weighted by Gasteiger charge is -2.25. The van der Waals surface area contributed by atoms with Crippen molar-refractivity contribution in [2.75, 3.05) is 27.4 Å². The summed E-state index contributed by atoms with van der Waals surface area (Å²) in [5, 5.41) is 10.2. The van der Waals surface area contributed by atoms with Crippen molar-refractivity contribution >= 4 is 0 Å². The largest absolute Gasteiger partial charge is 0.497 e. The first-order valence-electron chi connectivity index (χ1n) is 7.22. The molecule has 1 N–H and O–H groups in total.